The van der Waals surface area contributed by atoms with Crippen LogP contribution in [0.4, 0.5) is 4.39 Å². The number of nitrogens with one attached hydrogen (secondary N) is 1. The van der Waals surface area contributed by atoms with E-state index in [1.54, 1.807) is 12.1 Å². The first-order chi connectivity index (χ1) is 9.47. The Morgan fingerprint density at radius 2 is 2.20 bits per heavy atom. The van der Waals surface area contributed by atoms with Crippen LogP contribution in [-0.4, -0.2) is 30.1 Å². The Hall–Kier alpha value is -0.640. The van der Waals surface area contributed by atoms with Crippen LogP contribution in [-0.2, 0) is 6.54 Å². The highest BCUT2D eigenvalue weighted by atomic mass is 35.5. The van der Waals surface area contributed by atoms with Gasteiger partial charge in [-0.15, -0.1) is 0 Å². The standard InChI is InChI=1S/C16H24ClFN2/c1-11(2)16-10-20(12(3)6-7-19-16)9-13-8-14(18)4-5-15(13)17/h4-5,8,11-12,16,19H,6-7,9-10H2,1-3H3. The van der Waals surface area contributed by atoms with Gasteiger partial charge in [-0.25, -0.2) is 4.39 Å². The summed E-state index contributed by atoms with van der Waals surface area (Å²) in [5.41, 5.74) is 0.878. The van der Waals surface area contributed by atoms with E-state index in [4.69, 9.17) is 11.6 Å². The Bertz CT molecular complexity index is 450. The largest absolute Gasteiger partial charge is 0.312 e. The van der Waals surface area contributed by atoms with E-state index in [0.717, 1.165) is 25.1 Å². The van der Waals surface area contributed by atoms with Crippen LogP contribution in [0.25, 0.3) is 0 Å². The Morgan fingerprint density at radius 1 is 1.45 bits per heavy atom. The van der Waals surface area contributed by atoms with E-state index in [1.807, 2.05) is 0 Å². The minimum absolute atomic E-state index is 0.217. The summed E-state index contributed by atoms with van der Waals surface area (Å²) < 4.78 is 13.4. The van der Waals surface area contributed by atoms with E-state index in [9.17, 15) is 4.39 Å². The number of rotatable bonds is 3. The Labute approximate surface area is 126 Å². The quantitative estimate of drug-likeness (QED) is 0.915. The highest BCUT2D eigenvalue weighted by molar-refractivity contribution is 6.31. The second-order valence-electron chi connectivity index (χ2n) is 6.11. The average molecular weight is 299 g/mol. The van der Waals surface area contributed by atoms with Gasteiger partial charge in [0.25, 0.3) is 0 Å². The van der Waals surface area contributed by atoms with Crippen molar-refractivity contribution in [2.45, 2.75) is 45.8 Å². The molecule has 1 aromatic carbocycles. The Balaban J connectivity index is 2.14. The molecule has 1 N–H and O–H groups in total. The van der Waals surface area contributed by atoms with Crippen LogP contribution in [0.2, 0.25) is 5.02 Å². The van der Waals surface area contributed by atoms with Crippen molar-refractivity contribution in [3.8, 4) is 0 Å². The van der Waals surface area contributed by atoms with E-state index in [-0.39, 0.29) is 5.82 Å². The van der Waals surface area contributed by atoms with Crippen LogP contribution >= 0.6 is 11.6 Å². The van der Waals surface area contributed by atoms with Gasteiger partial charge in [0.2, 0.25) is 0 Å². The van der Waals surface area contributed by atoms with Gasteiger partial charge >= 0.3 is 0 Å². The molecule has 0 spiro atoms. The molecule has 2 atom stereocenters. The van der Waals surface area contributed by atoms with Crippen molar-refractivity contribution in [1.82, 2.24) is 10.2 Å². The second kappa shape index (κ2) is 6.88. The Kier molecular flexibility index (Phi) is 5.42. The SMILES string of the molecule is CC(C)C1CN(Cc2cc(F)ccc2Cl)C(C)CCN1. The van der Waals surface area contributed by atoms with Gasteiger partial charge in [0.1, 0.15) is 5.82 Å². The van der Waals surface area contributed by atoms with Crippen LogP contribution in [0.5, 0.6) is 0 Å². The summed E-state index contributed by atoms with van der Waals surface area (Å²) in [6, 6.07) is 5.57. The lowest BCUT2D eigenvalue weighted by molar-refractivity contribution is 0.184. The van der Waals surface area contributed by atoms with Crippen LogP contribution in [0.15, 0.2) is 18.2 Å². The third kappa shape index (κ3) is 3.94. The van der Waals surface area contributed by atoms with Gasteiger partial charge in [-0.1, -0.05) is 25.4 Å². The molecular weight excluding hydrogens is 275 g/mol. The van der Waals surface area contributed by atoms with Gasteiger partial charge in [-0.3, -0.25) is 4.90 Å². The first-order valence-electron chi connectivity index (χ1n) is 7.38. The summed E-state index contributed by atoms with van der Waals surface area (Å²) >= 11 is 6.19. The van der Waals surface area contributed by atoms with Gasteiger partial charge in [-0.05, 0) is 49.6 Å². The first kappa shape index (κ1) is 15.7. The maximum Gasteiger partial charge on any atom is 0.123 e. The lowest BCUT2D eigenvalue weighted by atomic mass is 10.0. The minimum Gasteiger partial charge on any atom is -0.312 e. The summed E-state index contributed by atoms with van der Waals surface area (Å²) in [7, 11) is 0. The second-order valence-corrected chi connectivity index (χ2v) is 6.51. The summed E-state index contributed by atoms with van der Waals surface area (Å²) in [5, 5.41) is 4.25. The predicted octanol–water partition coefficient (Wildman–Crippen LogP) is 3.69. The number of nitrogens with zero attached hydrogens (tertiary/aromatic N) is 1. The molecular formula is C16H24ClFN2. The van der Waals surface area contributed by atoms with E-state index < -0.39 is 0 Å². The van der Waals surface area contributed by atoms with E-state index in [1.165, 1.54) is 6.07 Å². The molecule has 1 saturated heterocycles. The fourth-order valence-corrected chi connectivity index (χ4v) is 2.88. The van der Waals surface area contributed by atoms with Crippen molar-refractivity contribution in [2.75, 3.05) is 13.1 Å². The van der Waals surface area contributed by atoms with E-state index in [2.05, 4.69) is 31.0 Å². The van der Waals surface area contributed by atoms with Crippen LogP contribution < -0.4 is 5.32 Å². The summed E-state index contributed by atoms with van der Waals surface area (Å²) in [6.07, 6.45) is 1.11. The molecule has 0 saturated carbocycles. The molecule has 4 heteroatoms. The molecule has 1 aliphatic rings. The molecule has 1 aliphatic heterocycles. The molecule has 0 radical (unpaired) electrons. The number of hydrogen-bond donors (Lipinski definition) is 1. The minimum atomic E-state index is -0.217. The number of benzene rings is 1. The molecule has 1 fully saturated rings. The van der Waals surface area contributed by atoms with E-state index >= 15 is 0 Å². The third-order valence-electron chi connectivity index (χ3n) is 4.21. The van der Waals surface area contributed by atoms with Gasteiger partial charge in [0.15, 0.2) is 0 Å². The zero-order chi connectivity index (χ0) is 14.7. The fourth-order valence-electron chi connectivity index (χ4n) is 2.71. The van der Waals surface area contributed by atoms with Gasteiger partial charge in [-0.2, -0.15) is 0 Å². The van der Waals surface area contributed by atoms with Crippen molar-refractivity contribution >= 4 is 11.6 Å². The van der Waals surface area contributed by atoms with Gasteiger partial charge in [0.05, 0.1) is 0 Å². The van der Waals surface area contributed by atoms with Crippen LogP contribution in [0.3, 0.4) is 0 Å². The molecule has 0 amide bonds. The van der Waals surface area contributed by atoms with Gasteiger partial charge in [0, 0.05) is 30.2 Å². The molecule has 20 heavy (non-hydrogen) atoms. The number of halogens is 2. The first-order valence-corrected chi connectivity index (χ1v) is 7.76. The molecule has 1 heterocycles. The van der Waals surface area contributed by atoms with Gasteiger partial charge < -0.3 is 5.32 Å². The zero-order valence-electron chi connectivity index (χ0n) is 12.5. The predicted molar refractivity (Wildman–Crippen MR) is 82.5 cm³/mol. The smallest absolute Gasteiger partial charge is 0.123 e. The average Bonchev–Trinajstić information content (AvgIpc) is 2.57. The maximum atomic E-state index is 13.4. The van der Waals surface area contributed by atoms with Crippen molar-refractivity contribution in [1.29, 1.82) is 0 Å². The van der Waals surface area contributed by atoms with Crippen molar-refractivity contribution in [3.05, 3.63) is 34.6 Å². The third-order valence-corrected chi connectivity index (χ3v) is 4.58. The molecule has 2 rings (SSSR count). The summed E-state index contributed by atoms with van der Waals surface area (Å²) in [4.78, 5) is 2.41. The maximum absolute atomic E-state index is 13.4. The molecule has 1 aromatic rings. The molecule has 2 nitrogen and oxygen atoms in total. The highest BCUT2D eigenvalue weighted by Crippen LogP contribution is 2.22. The molecule has 112 valence electrons. The molecule has 0 bridgehead atoms. The van der Waals surface area contributed by atoms with Crippen LogP contribution in [0, 0.1) is 11.7 Å². The number of hydrogen-bond acceptors (Lipinski definition) is 2. The summed E-state index contributed by atoms with van der Waals surface area (Å²) in [5.74, 6) is 0.371. The molecule has 2 unspecified atom stereocenters. The summed E-state index contributed by atoms with van der Waals surface area (Å²) in [6.45, 7) is 9.44. The van der Waals surface area contributed by atoms with E-state index in [0.29, 0.717) is 29.6 Å². The molecule has 0 aromatic heterocycles. The molecule has 0 aliphatic carbocycles. The zero-order valence-corrected chi connectivity index (χ0v) is 13.3. The monoisotopic (exact) mass is 298 g/mol. The highest BCUT2D eigenvalue weighted by Gasteiger charge is 2.25. The van der Waals surface area contributed by atoms with Crippen LogP contribution in [0.1, 0.15) is 32.8 Å². The van der Waals surface area contributed by atoms with Crippen molar-refractivity contribution < 1.29 is 4.39 Å². The lowest BCUT2D eigenvalue weighted by Gasteiger charge is -2.30. The van der Waals surface area contributed by atoms with Crippen molar-refractivity contribution in [2.24, 2.45) is 5.92 Å². The van der Waals surface area contributed by atoms with Crippen molar-refractivity contribution in [3.63, 3.8) is 0 Å². The topological polar surface area (TPSA) is 15.3 Å². The normalized spacial score (nSPS) is 24.9. The lowest BCUT2D eigenvalue weighted by Crippen LogP contribution is -2.42. The Morgan fingerprint density at radius 3 is 2.90 bits per heavy atom. The fraction of sp³-hybridized carbons (Fsp3) is 0.625.